The van der Waals surface area contributed by atoms with Gasteiger partial charge in [-0.1, -0.05) is 0 Å². The molecule has 1 aliphatic carbocycles. The summed E-state index contributed by atoms with van der Waals surface area (Å²) >= 11 is 0. The monoisotopic (exact) mass is 330 g/mol. The maximum atomic E-state index is 13.3. The van der Waals surface area contributed by atoms with Gasteiger partial charge >= 0.3 is 0 Å². The van der Waals surface area contributed by atoms with Crippen molar-refractivity contribution < 1.29 is 8.78 Å². The van der Waals surface area contributed by atoms with Crippen LogP contribution < -0.4 is 0 Å². The molecule has 3 aromatic heterocycles. The van der Waals surface area contributed by atoms with E-state index in [0.717, 1.165) is 34.4 Å². The number of hydrogen-bond donors (Lipinski definition) is 1. The van der Waals surface area contributed by atoms with E-state index >= 15 is 0 Å². The molecule has 1 saturated carbocycles. The lowest BCUT2D eigenvalue weighted by atomic mass is 9.87. The molecular formula is C18H20F2N4. The van der Waals surface area contributed by atoms with E-state index in [0.29, 0.717) is 18.8 Å². The van der Waals surface area contributed by atoms with Gasteiger partial charge in [0.2, 0.25) is 5.92 Å². The van der Waals surface area contributed by atoms with Crippen LogP contribution in [0, 0.1) is 12.8 Å². The first kappa shape index (κ1) is 15.3. The predicted octanol–water partition coefficient (Wildman–Crippen LogP) is 4.56. The van der Waals surface area contributed by atoms with Crippen LogP contribution >= 0.6 is 0 Å². The largest absolute Gasteiger partial charge is 0.346 e. The third kappa shape index (κ3) is 2.81. The second kappa shape index (κ2) is 5.69. The molecule has 0 spiro atoms. The summed E-state index contributed by atoms with van der Waals surface area (Å²) in [4.78, 5) is 4.53. The molecule has 1 fully saturated rings. The van der Waals surface area contributed by atoms with E-state index in [1.807, 2.05) is 31.6 Å². The Hall–Kier alpha value is -2.24. The zero-order valence-electron chi connectivity index (χ0n) is 13.6. The molecule has 0 amide bonds. The summed E-state index contributed by atoms with van der Waals surface area (Å²) in [6.45, 7) is 2.73. The minimum atomic E-state index is -2.47. The van der Waals surface area contributed by atoms with Crippen LogP contribution in [0.4, 0.5) is 8.78 Å². The average Bonchev–Trinajstić information content (AvgIpc) is 3.15. The molecular weight excluding hydrogens is 310 g/mol. The van der Waals surface area contributed by atoms with Crippen molar-refractivity contribution in [1.29, 1.82) is 0 Å². The molecule has 3 heterocycles. The molecule has 0 aromatic carbocycles. The van der Waals surface area contributed by atoms with Crippen LogP contribution in [0.3, 0.4) is 0 Å². The second-order valence-corrected chi connectivity index (χ2v) is 6.78. The smallest absolute Gasteiger partial charge is 0.248 e. The summed E-state index contributed by atoms with van der Waals surface area (Å²) in [6, 6.07) is 4.09. The van der Waals surface area contributed by atoms with E-state index in [2.05, 4.69) is 25.8 Å². The van der Waals surface area contributed by atoms with Gasteiger partial charge in [0, 0.05) is 49.1 Å². The number of H-pyrrole nitrogens is 1. The van der Waals surface area contributed by atoms with E-state index in [-0.39, 0.29) is 12.8 Å². The molecule has 126 valence electrons. The number of aryl methyl sites for hydroxylation is 1. The topological polar surface area (TPSA) is 46.5 Å². The van der Waals surface area contributed by atoms with Gasteiger partial charge in [0.05, 0.1) is 16.7 Å². The van der Waals surface area contributed by atoms with Crippen LogP contribution in [0.1, 0.15) is 31.4 Å². The van der Waals surface area contributed by atoms with Crippen LogP contribution in [-0.2, 0) is 6.54 Å². The summed E-state index contributed by atoms with van der Waals surface area (Å²) in [5.74, 6) is -2.16. The highest BCUT2D eigenvalue weighted by Crippen LogP contribution is 2.37. The number of aromatic nitrogens is 4. The number of fused-ring (bicyclic) bond motifs is 1. The Labute approximate surface area is 138 Å². The van der Waals surface area contributed by atoms with Crippen molar-refractivity contribution in [2.75, 3.05) is 0 Å². The highest BCUT2D eigenvalue weighted by molar-refractivity contribution is 5.81. The lowest BCUT2D eigenvalue weighted by Crippen LogP contribution is -2.26. The summed E-state index contributed by atoms with van der Waals surface area (Å²) in [6.07, 6.45) is 6.92. The molecule has 6 heteroatoms. The Kier molecular flexibility index (Phi) is 3.62. The summed E-state index contributed by atoms with van der Waals surface area (Å²) in [5, 5.41) is 7.03. The van der Waals surface area contributed by atoms with Crippen molar-refractivity contribution in [3.63, 3.8) is 0 Å². The van der Waals surface area contributed by atoms with Crippen molar-refractivity contribution >= 4 is 11.0 Å². The number of pyridine rings is 1. The number of aromatic amines is 1. The third-order valence-electron chi connectivity index (χ3n) is 5.05. The molecule has 0 radical (unpaired) electrons. The SMILES string of the molecule is Cc1n[nH]cc1-c1cnc2ccn(CC3CCC(F)(F)CC3)c2c1. The van der Waals surface area contributed by atoms with E-state index in [9.17, 15) is 8.78 Å². The van der Waals surface area contributed by atoms with Crippen molar-refractivity contribution in [3.05, 3.63) is 36.4 Å². The number of alkyl halides is 2. The second-order valence-electron chi connectivity index (χ2n) is 6.78. The van der Waals surface area contributed by atoms with Crippen LogP contribution in [0.2, 0.25) is 0 Å². The molecule has 3 aromatic rings. The van der Waals surface area contributed by atoms with Crippen LogP contribution in [0.5, 0.6) is 0 Å². The Bertz CT molecular complexity index is 855. The van der Waals surface area contributed by atoms with Gasteiger partial charge in [0.15, 0.2) is 0 Å². The van der Waals surface area contributed by atoms with Crippen LogP contribution in [0.25, 0.3) is 22.2 Å². The lowest BCUT2D eigenvalue weighted by molar-refractivity contribution is -0.0472. The minimum Gasteiger partial charge on any atom is -0.346 e. The fourth-order valence-corrected chi connectivity index (χ4v) is 3.58. The highest BCUT2D eigenvalue weighted by Gasteiger charge is 2.34. The first-order valence-electron chi connectivity index (χ1n) is 8.35. The maximum Gasteiger partial charge on any atom is 0.248 e. The van der Waals surface area contributed by atoms with Gasteiger partial charge in [-0.3, -0.25) is 10.1 Å². The molecule has 0 unspecified atom stereocenters. The van der Waals surface area contributed by atoms with Gasteiger partial charge in [-0.25, -0.2) is 8.78 Å². The molecule has 0 atom stereocenters. The highest BCUT2D eigenvalue weighted by atomic mass is 19.3. The van der Waals surface area contributed by atoms with E-state index in [1.54, 1.807) is 0 Å². The normalized spacial score (nSPS) is 18.3. The average molecular weight is 330 g/mol. The van der Waals surface area contributed by atoms with Gasteiger partial charge in [-0.15, -0.1) is 0 Å². The van der Waals surface area contributed by atoms with Gasteiger partial charge in [-0.2, -0.15) is 5.10 Å². The third-order valence-corrected chi connectivity index (χ3v) is 5.05. The first-order valence-corrected chi connectivity index (χ1v) is 8.35. The summed E-state index contributed by atoms with van der Waals surface area (Å²) in [5.41, 5.74) is 4.97. The Morgan fingerprint density at radius 2 is 2.12 bits per heavy atom. The molecule has 4 rings (SSSR count). The zero-order valence-corrected chi connectivity index (χ0v) is 13.6. The molecule has 0 saturated heterocycles. The fourth-order valence-electron chi connectivity index (χ4n) is 3.58. The van der Waals surface area contributed by atoms with Gasteiger partial charge in [0.1, 0.15) is 0 Å². The summed E-state index contributed by atoms with van der Waals surface area (Å²) < 4.78 is 28.8. The molecule has 1 aliphatic rings. The van der Waals surface area contributed by atoms with Crippen molar-refractivity contribution in [1.82, 2.24) is 19.7 Å². The molecule has 4 nitrogen and oxygen atoms in total. The standard InChI is InChI=1S/C18H20F2N4/c1-12-15(10-22-23-12)14-8-17-16(21-9-14)4-7-24(17)11-13-2-5-18(19,20)6-3-13/h4,7-10,13H,2-3,5-6,11H2,1H3,(H,22,23). The van der Waals surface area contributed by atoms with E-state index in [4.69, 9.17) is 0 Å². The molecule has 1 N–H and O–H groups in total. The molecule has 0 aliphatic heterocycles. The summed E-state index contributed by atoms with van der Waals surface area (Å²) in [7, 11) is 0. The number of halogens is 2. The zero-order chi connectivity index (χ0) is 16.7. The van der Waals surface area contributed by atoms with Crippen molar-refractivity contribution in [3.8, 4) is 11.1 Å². The quantitative estimate of drug-likeness (QED) is 0.765. The Morgan fingerprint density at radius 1 is 1.33 bits per heavy atom. The number of hydrogen-bond acceptors (Lipinski definition) is 2. The molecule has 24 heavy (non-hydrogen) atoms. The maximum absolute atomic E-state index is 13.3. The van der Waals surface area contributed by atoms with Gasteiger partial charge in [-0.05, 0) is 37.8 Å². The van der Waals surface area contributed by atoms with E-state index in [1.165, 1.54) is 0 Å². The van der Waals surface area contributed by atoms with Gasteiger partial charge < -0.3 is 4.57 Å². The van der Waals surface area contributed by atoms with Crippen LogP contribution in [0.15, 0.2) is 30.7 Å². The van der Waals surface area contributed by atoms with Crippen molar-refractivity contribution in [2.24, 2.45) is 5.92 Å². The number of rotatable bonds is 3. The van der Waals surface area contributed by atoms with Crippen molar-refractivity contribution in [2.45, 2.75) is 45.1 Å². The first-order chi connectivity index (χ1) is 11.5. The fraction of sp³-hybridized carbons (Fsp3) is 0.444. The minimum absolute atomic E-state index is 0.00851. The van der Waals surface area contributed by atoms with Crippen LogP contribution in [-0.4, -0.2) is 25.7 Å². The van der Waals surface area contributed by atoms with Gasteiger partial charge in [0.25, 0.3) is 0 Å². The Morgan fingerprint density at radius 3 is 2.83 bits per heavy atom. The Balaban J connectivity index is 1.61. The lowest BCUT2D eigenvalue weighted by Gasteiger charge is -2.28. The predicted molar refractivity (Wildman–Crippen MR) is 89.0 cm³/mol. The van der Waals surface area contributed by atoms with E-state index < -0.39 is 5.92 Å². The molecule has 0 bridgehead atoms. The number of nitrogens with zero attached hydrogens (tertiary/aromatic N) is 3. The number of nitrogens with one attached hydrogen (secondary N) is 1.